The third kappa shape index (κ3) is 30.2. The first-order valence-corrected chi connectivity index (χ1v) is 18.2. The molecule has 0 aromatic rings. The first-order valence-electron chi connectivity index (χ1n) is 18.2. The molecule has 0 bridgehead atoms. The van der Waals surface area contributed by atoms with E-state index in [1.807, 2.05) is 0 Å². The van der Waals surface area contributed by atoms with Crippen molar-refractivity contribution in [1.29, 1.82) is 0 Å². The second-order valence-electron chi connectivity index (χ2n) is 12.5. The van der Waals surface area contributed by atoms with Crippen LogP contribution in [0.5, 0.6) is 0 Å². The number of rotatable bonds is 34. The van der Waals surface area contributed by atoms with Crippen molar-refractivity contribution >= 4 is 12.4 Å². The smallest absolute Gasteiger partial charge is 0.305 e. The topological polar surface area (TPSA) is 58.6 Å². The van der Waals surface area contributed by atoms with Gasteiger partial charge in [-0.3, -0.25) is 9.59 Å². The van der Waals surface area contributed by atoms with E-state index in [4.69, 9.17) is 4.74 Å². The Morgan fingerprint density at radius 1 is 0.634 bits per heavy atom. The summed E-state index contributed by atoms with van der Waals surface area (Å²) in [6, 6.07) is 0. The van der Waals surface area contributed by atoms with Gasteiger partial charge in [0.05, 0.1) is 6.61 Å². The van der Waals surface area contributed by atoms with Crippen molar-refractivity contribution in [3.8, 4) is 0 Å². The fourth-order valence-electron chi connectivity index (χ4n) is 5.73. The molecule has 5 heteroatoms. The third-order valence-corrected chi connectivity index (χ3v) is 8.64. The summed E-state index contributed by atoms with van der Waals surface area (Å²) < 4.78 is 5.52. The van der Waals surface area contributed by atoms with Crippen LogP contribution in [0.25, 0.3) is 0 Å². The molecule has 41 heavy (non-hydrogen) atoms. The van der Waals surface area contributed by atoms with Gasteiger partial charge in [0.2, 0.25) is 6.41 Å². The summed E-state index contributed by atoms with van der Waals surface area (Å²) in [5, 5.41) is 2.80. The number of hydrogen-bond donors (Lipinski definition) is 1. The highest BCUT2D eigenvalue weighted by atomic mass is 16.5. The van der Waals surface area contributed by atoms with E-state index in [1.54, 1.807) is 0 Å². The van der Waals surface area contributed by atoms with Gasteiger partial charge in [-0.25, -0.2) is 0 Å². The minimum absolute atomic E-state index is 0.0105. The molecular formula is C36H72N2O3. The fourth-order valence-corrected chi connectivity index (χ4v) is 5.73. The van der Waals surface area contributed by atoms with Gasteiger partial charge < -0.3 is 15.0 Å². The fraction of sp³-hybridized carbons (Fsp3) is 0.944. The number of unbranched alkanes of at least 4 members (excludes halogenated alkanes) is 17. The highest BCUT2D eigenvalue weighted by molar-refractivity contribution is 5.69. The third-order valence-electron chi connectivity index (χ3n) is 8.64. The summed E-state index contributed by atoms with van der Waals surface area (Å²) >= 11 is 0. The number of nitrogens with zero attached hydrogens (tertiary/aromatic N) is 1. The highest BCUT2D eigenvalue weighted by Gasteiger charge is 2.11. The molecule has 0 saturated heterocycles. The molecule has 0 rings (SSSR count). The lowest BCUT2D eigenvalue weighted by atomic mass is 9.96. The van der Waals surface area contributed by atoms with Gasteiger partial charge in [0.25, 0.3) is 0 Å². The molecule has 1 unspecified atom stereocenters. The van der Waals surface area contributed by atoms with E-state index in [2.05, 4.69) is 31.0 Å². The molecule has 0 aromatic heterocycles. The van der Waals surface area contributed by atoms with Crippen molar-refractivity contribution in [3.63, 3.8) is 0 Å². The molecule has 0 saturated carbocycles. The lowest BCUT2D eigenvalue weighted by Gasteiger charge is -2.25. The van der Waals surface area contributed by atoms with Gasteiger partial charge in [0.15, 0.2) is 0 Å². The molecule has 0 radical (unpaired) electrons. The first-order chi connectivity index (χ1) is 20.2. The minimum atomic E-state index is -0.0105. The van der Waals surface area contributed by atoms with Crippen molar-refractivity contribution in [2.75, 3.05) is 32.8 Å². The quantitative estimate of drug-likeness (QED) is 0.0467. The van der Waals surface area contributed by atoms with E-state index in [-0.39, 0.29) is 5.97 Å². The van der Waals surface area contributed by atoms with Gasteiger partial charge >= 0.3 is 5.97 Å². The van der Waals surface area contributed by atoms with E-state index < -0.39 is 0 Å². The molecule has 0 aliphatic rings. The number of carbonyl (C=O) groups excluding carboxylic acids is 2. The average molecular weight is 581 g/mol. The molecule has 1 atom stereocenters. The molecule has 0 spiro atoms. The van der Waals surface area contributed by atoms with Gasteiger partial charge in [-0.2, -0.15) is 0 Å². The maximum Gasteiger partial charge on any atom is 0.305 e. The van der Waals surface area contributed by atoms with Crippen LogP contribution in [0.4, 0.5) is 0 Å². The van der Waals surface area contributed by atoms with E-state index in [9.17, 15) is 9.59 Å². The second kappa shape index (κ2) is 33.4. The van der Waals surface area contributed by atoms with E-state index >= 15 is 0 Å². The maximum atomic E-state index is 12.0. The number of nitrogens with one attached hydrogen (secondary N) is 1. The van der Waals surface area contributed by atoms with Crippen molar-refractivity contribution in [1.82, 2.24) is 10.2 Å². The zero-order chi connectivity index (χ0) is 30.1. The first kappa shape index (κ1) is 39.9. The highest BCUT2D eigenvalue weighted by Crippen LogP contribution is 2.17. The molecule has 1 N–H and O–H groups in total. The predicted octanol–water partition coefficient (Wildman–Crippen LogP) is 10.0. The Bertz CT molecular complexity index is 543. The minimum Gasteiger partial charge on any atom is -0.466 e. The van der Waals surface area contributed by atoms with E-state index in [0.717, 1.165) is 64.1 Å². The Balaban J connectivity index is 4.17. The van der Waals surface area contributed by atoms with Gasteiger partial charge in [-0.15, -0.1) is 0 Å². The van der Waals surface area contributed by atoms with Crippen molar-refractivity contribution in [2.45, 2.75) is 181 Å². The molecule has 0 aliphatic heterocycles. The normalized spacial score (nSPS) is 12.1. The van der Waals surface area contributed by atoms with Crippen LogP contribution in [0.3, 0.4) is 0 Å². The SMILES string of the molecule is CCCCCCCCCCCCCCN(CCCCOC(=O)CCCCCCCC)CCC(CC)CCCNC=O. The molecular weight excluding hydrogens is 508 g/mol. The van der Waals surface area contributed by atoms with Crippen molar-refractivity contribution in [2.24, 2.45) is 5.92 Å². The molecule has 0 fully saturated rings. The molecule has 0 heterocycles. The van der Waals surface area contributed by atoms with Gasteiger partial charge in [-0.05, 0) is 70.5 Å². The summed E-state index contributed by atoms with van der Waals surface area (Å²) in [5.41, 5.74) is 0. The number of amides is 1. The van der Waals surface area contributed by atoms with Crippen LogP contribution in [0.15, 0.2) is 0 Å². The van der Waals surface area contributed by atoms with Gasteiger partial charge in [-0.1, -0.05) is 130 Å². The second-order valence-corrected chi connectivity index (χ2v) is 12.5. The zero-order valence-corrected chi connectivity index (χ0v) is 28.0. The van der Waals surface area contributed by atoms with Crippen molar-refractivity contribution < 1.29 is 14.3 Å². The monoisotopic (exact) mass is 581 g/mol. The standard InChI is InChI=1S/C36H72N2O3/c1-4-7-9-11-13-14-15-16-17-18-20-22-30-38(32-28-35(6-3)26-25-29-37-34-39)31-23-24-33-41-36(40)27-21-19-12-10-8-5-2/h34-35H,4-33H2,1-3H3,(H,37,39). The molecule has 5 nitrogen and oxygen atoms in total. The van der Waals surface area contributed by atoms with Crippen LogP contribution in [0.1, 0.15) is 181 Å². The van der Waals surface area contributed by atoms with Crippen LogP contribution in [0, 0.1) is 5.92 Å². The molecule has 1 amide bonds. The van der Waals surface area contributed by atoms with Crippen molar-refractivity contribution in [3.05, 3.63) is 0 Å². The summed E-state index contributed by atoms with van der Waals surface area (Å²) in [6.45, 7) is 11.6. The lowest BCUT2D eigenvalue weighted by molar-refractivity contribution is -0.143. The summed E-state index contributed by atoms with van der Waals surface area (Å²) in [6.07, 6.45) is 32.1. The Hall–Kier alpha value is -1.10. The predicted molar refractivity (Wildman–Crippen MR) is 177 cm³/mol. The maximum absolute atomic E-state index is 12.0. The molecule has 0 aromatic carbocycles. The number of esters is 1. The number of carbonyl (C=O) groups is 2. The Morgan fingerprint density at radius 3 is 1.68 bits per heavy atom. The Morgan fingerprint density at radius 2 is 1.15 bits per heavy atom. The van der Waals surface area contributed by atoms with Crippen LogP contribution in [-0.2, 0) is 14.3 Å². The van der Waals surface area contributed by atoms with Gasteiger partial charge in [0, 0.05) is 13.0 Å². The number of hydrogen-bond acceptors (Lipinski definition) is 4. The summed E-state index contributed by atoms with van der Waals surface area (Å²) in [7, 11) is 0. The largest absolute Gasteiger partial charge is 0.466 e. The van der Waals surface area contributed by atoms with Crippen LogP contribution in [0.2, 0.25) is 0 Å². The number of ether oxygens (including phenoxy) is 1. The average Bonchev–Trinajstić information content (AvgIpc) is 2.98. The Kier molecular flexibility index (Phi) is 32.5. The van der Waals surface area contributed by atoms with Crippen LogP contribution >= 0.6 is 0 Å². The van der Waals surface area contributed by atoms with Crippen LogP contribution < -0.4 is 5.32 Å². The van der Waals surface area contributed by atoms with E-state index in [0.29, 0.717) is 13.0 Å². The lowest BCUT2D eigenvalue weighted by Crippen LogP contribution is -2.29. The Labute approximate surface area is 256 Å². The molecule has 0 aliphatic carbocycles. The molecule has 244 valence electrons. The summed E-state index contributed by atoms with van der Waals surface area (Å²) in [4.78, 5) is 25.2. The van der Waals surface area contributed by atoms with E-state index in [1.165, 1.54) is 129 Å². The zero-order valence-electron chi connectivity index (χ0n) is 28.0. The van der Waals surface area contributed by atoms with Gasteiger partial charge in [0.1, 0.15) is 0 Å². The summed E-state index contributed by atoms with van der Waals surface area (Å²) in [5.74, 6) is 0.722. The van der Waals surface area contributed by atoms with Crippen LogP contribution in [-0.4, -0.2) is 50.1 Å².